The highest BCUT2D eigenvalue weighted by Crippen LogP contribution is 2.28. The van der Waals surface area contributed by atoms with E-state index in [9.17, 15) is 4.79 Å². The first-order valence-electron chi connectivity index (χ1n) is 7.58. The van der Waals surface area contributed by atoms with Crippen molar-refractivity contribution in [2.45, 2.75) is 53.0 Å². The largest absolute Gasteiger partial charge is 0.497 e. The molecule has 0 aliphatic heterocycles. The molecule has 22 heavy (non-hydrogen) atoms. The normalized spacial score (nSPS) is 12.0. The van der Waals surface area contributed by atoms with Gasteiger partial charge in [0.25, 0.3) is 0 Å². The minimum absolute atomic E-state index is 0.0131. The second-order valence-electron chi connectivity index (χ2n) is 7.52. The van der Waals surface area contributed by atoms with Gasteiger partial charge in [-0.2, -0.15) is 0 Å². The van der Waals surface area contributed by atoms with Gasteiger partial charge in [-0.3, -0.25) is 4.79 Å². The standard InChI is InChI=1S/C18H29NO3/c1-17(2,3)12-18(4,5)19-16(20)11-13-10-14(21-6)8-9-15(13)22-7/h8-10H,11-12H2,1-7H3,(H,19,20). The van der Waals surface area contributed by atoms with Gasteiger partial charge in [-0.15, -0.1) is 0 Å². The molecule has 1 aromatic carbocycles. The van der Waals surface area contributed by atoms with Crippen LogP contribution < -0.4 is 14.8 Å². The first kappa shape index (κ1) is 18.3. The Morgan fingerprint density at radius 3 is 2.23 bits per heavy atom. The van der Waals surface area contributed by atoms with Crippen LogP contribution in [0.5, 0.6) is 11.5 Å². The summed E-state index contributed by atoms with van der Waals surface area (Å²) in [6.07, 6.45) is 1.18. The average molecular weight is 307 g/mol. The van der Waals surface area contributed by atoms with E-state index in [2.05, 4.69) is 39.9 Å². The Balaban J connectivity index is 2.80. The Hall–Kier alpha value is -1.71. The smallest absolute Gasteiger partial charge is 0.224 e. The van der Waals surface area contributed by atoms with Gasteiger partial charge < -0.3 is 14.8 Å². The molecule has 1 amide bonds. The second kappa shape index (κ2) is 7.03. The molecule has 1 rings (SSSR count). The molecular weight excluding hydrogens is 278 g/mol. The Morgan fingerprint density at radius 2 is 1.73 bits per heavy atom. The van der Waals surface area contributed by atoms with Crippen molar-refractivity contribution in [3.8, 4) is 11.5 Å². The lowest BCUT2D eigenvalue weighted by Gasteiger charge is -2.33. The average Bonchev–Trinajstić information content (AvgIpc) is 2.34. The third kappa shape index (κ3) is 5.96. The van der Waals surface area contributed by atoms with Crippen LogP contribution in [0.15, 0.2) is 18.2 Å². The Labute approximate surface area is 134 Å². The van der Waals surface area contributed by atoms with Crippen LogP contribution in [-0.4, -0.2) is 25.7 Å². The molecule has 0 saturated carbocycles. The molecule has 4 heteroatoms. The van der Waals surface area contributed by atoms with Gasteiger partial charge in [0.1, 0.15) is 11.5 Å². The number of methoxy groups -OCH3 is 2. The highest BCUT2D eigenvalue weighted by atomic mass is 16.5. The Kier molecular flexibility index (Phi) is 5.86. The van der Waals surface area contributed by atoms with Gasteiger partial charge in [0.2, 0.25) is 5.91 Å². The molecule has 0 bridgehead atoms. The van der Waals surface area contributed by atoms with Gasteiger partial charge in [0, 0.05) is 11.1 Å². The molecule has 0 aliphatic carbocycles. The molecule has 0 aromatic heterocycles. The summed E-state index contributed by atoms with van der Waals surface area (Å²) in [6, 6.07) is 5.49. The molecule has 0 radical (unpaired) electrons. The molecule has 1 aromatic rings. The monoisotopic (exact) mass is 307 g/mol. The molecule has 0 atom stereocenters. The van der Waals surface area contributed by atoms with E-state index in [4.69, 9.17) is 9.47 Å². The maximum absolute atomic E-state index is 12.4. The fourth-order valence-corrected chi connectivity index (χ4v) is 2.98. The van der Waals surface area contributed by atoms with Crippen LogP contribution in [0.4, 0.5) is 0 Å². The number of carbonyl (C=O) groups excluding carboxylic acids is 1. The lowest BCUT2D eigenvalue weighted by molar-refractivity contribution is -0.122. The molecule has 1 N–H and O–H groups in total. The molecule has 0 saturated heterocycles. The molecule has 4 nitrogen and oxygen atoms in total. The predicted octanol–water partition coefficient (Wildman–Crippen LogP) is 3.58. The highest BCUT2D eigenvalue weighted by molar-refractivity contribution is 5.80. The van der Waals surface area contributed by atoms with Gasteiger partial charge in [-0.25, -0.2) is 0 Å². The molecule has 0 fully saturated rings. The van der Waals surface area contributed by atoms with Crippen LogP contribution >= 0.6 is 0 Å². The summed E-state index contributed by atoms with van der Waals surface area (Å²) in [5, 5.41) is 3.11. The first-order chi connectivity index (χ1) is 10.1. The number of hydrogen-bond donors (Lipinski definition) is 1. The summed E-state index contributed by atoms with van der Waals surface area (Å²) >= 11 is 0. The van der Waals surface area contributed by atoms with E-state index in [0.717, 1.165) is 17.7 Å². The van der Waals surface area contributed by atoms with Crippen molar-refractivity contribution in [1.82, 2.24) is 5.32 Å². The van der Waals surface area contributed by atoms with E-state index in [1.54, 1.807) is 14.2 Å². The minimum atomic E-state index is -0.249. The summed E-state index contributed by atoms with van der Waals surface area (Å²) in [7, 11) is 3.21. The number of nitrogens with one attached hydrogen (secondary N) is 1. The van der Waals surface area contributed by atoms with Crippen molar-refractivity contribution in [1.29, 1.82) is 0 Å². The number of carbonyl (C=O) groups is 1. The topological polar surface area (TPSA) is 47.6 Å². The molecule has 124 valence electrons. The number of rotatable bonds is 6. The fourth-order valence-electron chi connectivity index (χ4n) is 2.98. The van der Waals surface area contributed by atoms with Gasteiger partial charge >= 0.3 is 0 Å². The maximum atomic E-state index is 12.4. The predicted molar refractivity (Wildman–Crippen MR) is 89.5 cm³/mol. The number of benzene rings is 1. The van der Waals surface area contributed by atoms with E-state index < -0.39 is 0 Å². The van der Waals surface area contributed by atoms with Crippen LogP contribution in [0.2, 0.25) is 0 Å². The summed E-state index contributed by atoms with van der Waals surface area (Å²) in [5.41, 5.74) is 0.734. The van der Waals surface area contributed by atoms with Crippen LogP contribution in [0.3, 0.4) is 0 Å². The minimum Gasteiger partial charge on any atom is -0.497 e. The second-order valence-corrected chi connectivity index (χ2v) is 7.52. The molecule has 0 aliphatic rings. The van der Waals surface area contributed by atoms with Crippen LogP contribution in [0.25, 0.3) is 0 Å². The lowest BCUT2D eigenvalue weighted by atomic mass is 9.81. The van der Waals surface area contributed by atoms with Crippen molar-refractivity contribution >= 4 is 5.91 Å². The number of amides is 1. The lowest BCUT2D eigenvalue weighted by Crippen LogP contribution is -2.46. The van der Waals surface area contributed by atoms with Gasteiger partial charge in [0.05, 0.1) is 20.6 Å². The van der Waals surface area contributed by atoms with E-state index >= 15 is 0 Å². The zero-order chi connectivity index (χ0) is 17.0. The first-order valence-corrected chi connectivity index (χ1v) is 7.58. The SMILES string of the molecule is COc1ccc(OC)c(CC(=O)NC(C)(C)CC(C)(C)C)c1. The van der Waals surface area contributed by atoms with Crippen molar-refractivity contribution in [2.75, 3.05) is 14.2 Å². The third-order valence-corrected chi connectivity index (χ3v) is 3.29. The fraction of sp³-hybridized carbons (Fsp3) is 0.611. The zero-order valence-corrected chi connectivity index (χ0v) is 14.9. The van der Waals surface area contributed by atoms with Crippen LogP contribution in [-0.2, 0) is 11.2 Å². The Morgan fingerprint density at radius 1 is 1.09 bits per heavy atom. The number of hydrogen-bond acceptors (Lipinski definition) is 3. The van der Waals surface area contributed by atoms with Gasteiger partial charge in [-0.1, -0.05) is 20.8 Å². The van der Waals surface area contributed by atoms with Crippen LogP contribution in [0, 0.1) is 5.41 Å². The quantitative estimate of drug-likeness (QED) is 0.874. The van der Waals surface area contributed by atoms with Crippen molar-refractivity contribution < 1.29 is 14.3 Å². The maximum Gasteiger partial charge on any atom is 0.224 e. The van der Waals surface area contributed by atoms with E-state index in [-0.39, 0.29) is 23.3 Å². The van der Waals surface area contributed by atoms with Gasteiger partial charge in [0.15, 0.2) is 0 Å². The van der Waals surface area contributed by atoms with E-state index in [1.807, 2.05) is 18.2 Å². The van der Waals surface area contributed by atoms with E-state index in [1.165, 1.54) is 0 Å². The molecular formula is C18H29NO3. The van der Waals surface area contributed by atoms with Crippen molar-refractivity contribution in [3.63, 3.8) is 0 Å². The summed E-state index contributed by atoms with van der Waals surface area (Å²) < 4.78 is 10.5. The zero-order valence-electron chi connectivity index (χ0n) is 14.9. The van der Waals surface area contributed by atoms with Crippen molar-refractivity contribution in [3.05, 3.63) is 23.8 Å². The van der Waals surface area contributed by atoms with Crippen molar-refractivity contribution in [2.24, 2.45) is 5.41 Å². The molecule has 0 heterocycles. The summed E-state index contributed by atoms with van der Waals surface area (Å²) in [6.45, 7) is 10.6. The van der Waals surface area contributed by atoms with E-state index in [0.29, 0.717) is 5.75 Å². The molecule has 0 spiro atoms. The Bertz CT molecular complexity index is 516. The van der Waals surface area contributed by atoms with Gasteiger partial charge in [-0.05, 0) is 43.9 Å². The van der Waals surface area contributed by atoms with Crippen LogP contribution in [0.1, 0.15) is 46.6 Å². The third-order valence-electron chi connectivity index (χ3n) is 3.29. The summed E-state index contributed by atoms with van der Waals surface area (Å²) in [5.74, 6) is 1.41. The number of ether oxygens (including phenoxy) is 2. The highest BCUT2D eigenvalue weighted by Gasteiger charge is 2.27. The molecule has 0 unspecified atom stereocenters. The summed E-state index contributed by atoms with van der Waals surface area (Å²) in [4.78, 5) is 12.4.